The summed E-state index contributed by atoms with van der Waals surface area (Å²) in [5, 5.41) is 0. The van der Waals surface area contributed by atoms with Gasteiger partial charge in [-0.05, 0) is 35.1 Å². The van der Waals surface area contributed by atoms with Crippen LogP contribution in [-0.2, 0) is 0 Å². The normalized spacial score (nSPS) is 12.7. The van der Waals surface area contributed by atoms with Crippen molar-refractivity contribution in [3.05, 3.63) is 60.2 Å². The van der Waals surface area contributed by atoms with Gasteiger partial charge in [0.15, 0.2) is 0 Å². The third-order valence-corrected chi connectivity index (χ3v) is 3.15. The molecule has 1 heteroatoms. The second-order valence-electron chi connectivity index (χ2n) is 5.23. The molecule has 0 bridgehead atoms. The van der Waals surface area contributed by atoms with E-state index in [0.717, 1.165) is 6.42 Å². The van der Waals surface area contributed by atoms with Crippen LogP contribution in [0.2, 0.25) is 0 Å². The van der Waals surface area contributed by atoms with Gasteiger partial charge in [-0.3, -0.25) is 0 Å². The molecule has 0 saturated heterocycles. The first kappa shape index (κ1) is 12.8. The minimum atomic E-state index is 0.133. The molecule has 2 N–H and O–H groups in total. The lowest BCUT2D eigenvalue weighted by molar-refractivity contribution is 0.510. The maximum atomic E-state index is 6.24. The maximum Gasteiger partial charge on any atom is 0.0297 e. The summed E-state index contributed by atoms with van der Waals surface area (Å²) < 4.78 is 0. The van der Waals surface area contributed by atoms with E-state index >= 15 is 0 Å². The van der Waals surface area contributed by atoms with Gasteiger partial charge in [0, 0.05) is 6.04 Å². The summed E-state index contributed by atoms with van der Waals surface area (Å²) in [6, 6.07) is 19.1. The lowest BCUT2D eigenvalue weighted by Gasteiger charge is -2.15. The Bertz CT molecular complexity index is 488. The summed E-state index contributed by atoms with van der Waals surface area (Å²) in [7, 11) is 0. The van der Waals surface area contributed by atoms with Gasteiger partial charge < -0.3 is 5.73 Å². The molecule has 0 aromatic heterocycles. The molecule has 94 valence electrons. The van der Waals surface area contributed by atoms with Gasteiger partial charge in [-0.2, -0.15) is 0 Å². The highest BCUT2D eigenvalue weighted by atomic mass is 14.6. The zero-order chi connectivity index (χ0) is 13.0. The lowest BCUT2D eigenvalue weighted by atomic mass is 9.95. The molecular weight excluding hydrogens is 218 g/mol. The molecule has 0 heterocycles. The van der Waals surface area contributed by atoms with Gasteiger partial charge in [-0.25, -0.2) is 0 Å². The van der Waals surface area contributed by atoms with E-state index in [0.29, 0.717) is 5.92 Å². The average Bonchev–Trinajstić information content (AvgIpc) is 2.39. The van der Waals surface area contributed by atoms with Crippen LogP contribution in [0.3, 0.4) is 0 Å². The zero-order valence-electron chi connectivity index (χ0n) is 11.1. The molecule has 18 heavy (non-hydrogen) atoms. The summed E-state index contributed by atoms with van der Waals surface area (Å²) in [6.45, 7) is 4.42. The van der Waals surface area contributed by atoms with Gasteiger partial charge >= 0.3 is 0 Å². The molecule has 0 amide bonds. The van der Waals surface area contributed by atoms with Crippen molar-refractivity contribution in [2.75, 3.05) is 0 Å². The monoisotopic (exact) mass is 239 g/mol. The van der Waals surface area contributed by atoms with E-state index in [-0.39, 0.29) is 6.04 Å². The van der Waals surface area contributed by atoms with Gasteiger partial charge in [-0.1, -0.05) is 62.4 Å². The molecule has 0 fully saturated rings. The second kappa shape index (κ2) is 5.83. The van der Waals surface area contributed by atoms with E-state index in [9.17, 15) is 0 Å². The number of rotatable bonds is 4. The molecule has 0 unspecified atom stereocenters. The fourth-order valence-electron chi connectivity index (χ4n) is 2.22. The molecule has 2 aromatic rings. The van der Waals surface area contributed by atoms with Crippen LogP contribution in [0.15, 0.2) is 54.6 Å². The van der Waals surface area contributed by atoms with E-state index in [4.69, 9.17) is 5.73 Å². The van der Waals surface area contributed by atoms with Crippen molar-refractivity contribution in [2.24, 2.45) is 11.7 Å². The topological polar surface area (TPSA) is 26.0 Å². The molecule has 1 nitrogen and oxygen atoms in total. The Balaban J connectivity index is 2.25. The summed E-state index contributed by atoms with van der Waals surface area (Å²) in [4.78, 5) is 0. The molecule has 2 aromatic carbocycles. The first-order valence-electron chi connectivity index (χ1n) is 6.58. The smallest absolute Gasteiger partial charge is 0.0297 e. The van der Waals surface area contributed by atoms with Gasteiger partial charge in [0.25, 0.3) is 0 Å². The van der Waals surface area contributed by atoms with Crippen molar-refractivity contribution < 1.29 is 0 Å². The summed E-state index contributed by atoms with van der Waals surface area (Å²) in [6.07, 6.45) is 1.03. The van der Waals surface area contributed by atoms with Crippen molar-refractivity contribution in [1.29, 1.82) is 0 Å². The van der Waals surface area contributed by atoms with Crippen LogP contribution >= 0.6 is 0 Å². The molecule has 1 atom stereocenters. The standard InChI is InChI=1S/C17H21N/c1-13(2)11-17(18)16-10-6-9-15(12-16)14-7-4-3-5-8-14/h3-10,12-13,17H,11,18H2,1-2H3/t17-/m1/s1. The second-order valence-corrected chi connectivity index (χ2v) is 5.23. The Kier molecular flexibility index (Phi) is 4.16. The van der Waals surface area contributed by atoms with Gasteiger partial charge in [0.1, 0.15) is 0 Å². The SMILES string of the molecule is CC(C)C[C@@H](N)c1cccc(-c2ccccc2)c1. The van der Waals surface area contributed by atoms with Crippen molar-refractivity contribution in [3.63, 3.8) is 0 Å². The van der Waals surface area contributed by atoms with E-state index in [1.165, 1.54) is 16.7 Å². The fourth-order valence-corrected chi connectivity index (χ4v) is 2.22. The Labute approximate surface area is 110 Å². The molecule has 2 rings (SSSR count). The third kappa shape index (κ3) is 3.21. The molecule has 0 aliphatic heterocycles. The van der Waals surface area contributed by atoms with Crippen LogP contribution in [-0.4, -0.2) is 0 Å². The highest BCUT2D eigenvalue weighted by Crippen LogP contribution is 2.24. The van der Waals surface area contributed by atoms with E-state index in [2.05, 4.69) is 62.4 Å². The lowest BCUT2D eigenvalue weighted by Crippen LogP contribution is -2.12. The van der Waals surface area contributed by atoms with Crippen molar-refractivity contribution in [2.45, 2.75) is 26.3 Å². The quantitative estimate of drug-likeness (QED) is 0.840. The van der Waals surface area contributed by atoms with E-state index in [1.807, 2.05) is 6.07 Å². The largest absolute Gasteiger partial charge is 0.324 e. The Morgan fingerprint density at radius 3 is 2.22 bits per heavy atom. The van der Waals surface area contributed by atoms with Crippen LogP contribution < -0.4 is 5.73 Å². The maximum absolute atomic E-state index is 6.24. The minimum absolute atomic E-state index is 0.133. The Morgan fingerprint density at radius 1 is 0.889 bits per heavy atom. The predicted octanol–water partition coefficient (Wildman–Crippen LogP) is 4.40. The van der Waals surface area contributed by atoms with Gasteiger partial charge in [0.2, 0.25) is 0 Å². The summed E-state index contributed by atoms with van der Waals surface area (Å²) in [5.41, 5.74) is 9.96. The average molecular weight is 239 g/mol. The third-order valence-electron chi connectivity index (χ3n) is 3.15. The van der Waals surface area contributed by atoms with Gasteiger partial charge in [-0.15, -0.1) is 0 Å². The Morgan fingerprint density at radius 2 is 1.56 bits per heavy atom. The number of nitrogens with two attached hydrogens (primary N) is 1. The Hall–Kier alpha value is -1.60. The van der Waals surface area contributed by atoms with E-state index in [1.54, 1.807) is 0 Å². The zero-order valence-corrected chi connectivity index (χ0v) is 11.1. The van der Waals surface area contributed by atoms with Gasteiger partial charge in [0.05, 0.1) is 0 Å². The van der Waals surface area contributed by atoms with Crippen molar-refractivity contribution in [3.8, 4) is 11.1 Å². The molecule has 0 aliphatic carbocycles. The number of benzene rings is 2. The van der Waals surface area contributed by atoms with Crippen LogP contribution in [0.4, 0.5) is 0 Å². The first-order chi connectivity index (χ1) is 8.66. The summed E-state index contributed by atoms with van der Waals surface area (Å²) >= 11 is 0. The van der Waals surface area contributed by atoms with E-state index < -0.39 is 0 Å². The molecular formula is C17H21N. The molecule has 0 aliphatic rings. The van der Waals surface area contributed by atoms with Crippen molar-refractivity contribution >= 4 is 0 Å². The van der Waals surface area contributed by atoms with Crippen LogP contribution in [0.25, 0.3) is 11.1 Å². The van der Waals surface area contributed by atoms with Crippen molar-refractivity contribution in [1.82, 2.24) is 0 Å². The molecule has 0 spiro atoms. The van der Waals surface area contributed by atoms with Crippen LogP contribution in [0, 0.1) is 5.92 Å². The predicted molar refractivity (Wildman–Crippen MR) is 78.3 cm³/mol. The highest BCUT2D eigenvalue weighted by molar-refractivity contribution is 5.64. The number of hydrogen-bond donors (Lipinski definition) is 1. The van der Waals surface area contributed by atoms with Crippen LogP contribution in [0.5, 0.6) is 0 Å². The fraction of sp³-hybridized carbons (Fsp3) is 0.294. The highest BCUT2D eigenvalue weighted by Gasteiger charge is 2.09. The first-order valence-corrected chi connectivity index (χ1v) is 6.58. The minimum Gasteiger partial charge on any atom is -0.324 e. The van der Waals surface area contributed by atoms with Crippen LogP contribution in [0.1, 0.15) is 31.9 Å². The summed E-state index contributed by atoms with van der Waals surface area (Å²) in [5.74, 6) is 0.625. The molecule has 0 saturated carbocycles. The number of hydrogen-bond acceptors (Lipinski definition) is 1. The molecule has 0 radical (unpaired) electrons.